The summed E-state index contributed by atoms with van der Waals surface area (Å²) in [5.74, 6) is 0.826. The van der Waals surface area contributed by atoms with Gasteiger partial charge in [-0.3, -0.25) is 10.9 Å². The Balaban J connectivity index is 1.48. The van der Waals surface area contributed by atoms with Crippen LogP contribution in [0.5, 0.6) is 5.75 Å². The molecule has 7 heteroatoms. The molecule has 0 saturated carbocycles. The number of nitrogens with zero attached hydrogens (tertiary/aromatic N) is 2. The topological polar surface area (TPSA) is 59.8 Å². The van der Waals surface area contributed by atoms with Crippen molar-refractivity contribution < 1.29 is 9.47 Å². The van der Waals surface area contributed by atoms with Crippen molar-refractivity contribution in [1.29, 1.82) is 0 Å². The van der Waals surface area contributed by atoms with Crippen molar-refractivity contribution in [2.24, 2.45) is 4.99 Å². The van der Waals surface area contributed by atoms with Gasteiger partial charge in [0.25, 0.3) is 0 Å². The lowest BCUT2D eigenvalue weighted by atomic mass is 10.2. The minimum atomic E-state index is 0.335. The van der Waals surface area contributed by atoms with E-state index in [2.05, 4.69) is 45.7 Å². The SMILES string of the molecule is COc1ccc(N=C2NNC(c3cc(C)n(C[C@H]4CCCO4)c3C)=CS2)cc1. The van der Waals surface area contributed by atoms with Crippen LogP contribution in [-0.2, 0) is 11.3 Å². The summed E-state index contributed by atoms with van der Waals surface area (Å²) in [6.45, 7) is 6.15. The van der Waals surface area contributed by atoms with Gasteiger partial charge < -0.3 is 14.0 Å². The average Bonchev–Trinajstić information content (AvgIpc) is 3.33. The third-order valence-corrected chi connectivity index (χ3v) is 5.94. The minimum Gasteiger partial charge on any atom is -0.497 e. The van der Waals surface area contributed by atoms with Crippen LogP contribution in [0.15, 0.2) is 40.7 Å². The maximum Gasteiger partial charge on any atom is 0.184 e. The normalized spacial score (nSPS) is 20.6. The number of rotatable bonds is 5. The van der Waals surface area contributed by atoms with Crippen LogP contribution in [0.25, 0.3) is 5.70 Å². The molecule has 1 aromatic heterocycles. The van der Waals surface area contributed by atoms with E-state index in [1.165, 1.54) is 23.4 Å². The Bertz CT molecular complexity index is 896. The maximum absolute atomic E-state index is 5.82. The van der Waals surface area contributed by atoms with Crippen LogP contribution in [0.2, 0.25) is 0 Å². The van der Waals surface area contributed by atoms with Gasteiger partial charge in [-0.05, 0) is 57.0 Å². The van der Waals surface area contributed by atoms with Crippen molar-refractivity contribution in [3.8, 4) is 5.75 Å². The highest BCUT2D eigenvalue weighted by molar-refractivity contribution is 8.16. The molecule has 2 aliphatic rings. The second-order valence-electron chi connectivity index (χ2n) is 7.04. The summed E-state index contributed by atoms with van der Waals surface area (Å²) in [5.41, 5.74) is 12.2. The van der Waals surface area contributed by atoms with Crippen molar-refractivity contribution in [2.45, 2.75) is 39.3 Å². The molecular formula is C21H26N4O2S. The lowest BCUT2D eigenvalue weighted by Gasteiger charge is -2.19. The Morgan fingerprint density at radius 1 is 1.25 bits per heavy atom. The fraction of sp³-hybridized carbons (Fsp3) is 0.381. The lowest BCUT2D eigenvalue weighted by molar-refractivity contribution is 0.0962. The zero-order valence-corrected chi connectivity index (χ0v) is 17.3. The molecule has 1 atom stereocenters. The second kappa shape index (κ2) is 8.32. The molecule has 28 heavy (non-hydrogen) atoms. The molecule has 0 radical (unpaired) electrons. The second-order valence-corrected chi connectivity index (χ2v) is 7.90. The van der Waals surface area contributed by atoms with Crippen LogP contribution in [0.1, 0.15) is 29.8 Å². The minimum absolute atomic E-state index is 0.335. The first-order chi connectivity index (χ1) is 13.6. The van der Waals surface area contributed by atoms with Crippen LogP contribution in [0.3, 0.4) is 0 Å². The molecule has 0 bridgehead atoms. The fourth-order valence-corrected chi connectivity index (χ4v) is 4.28. The number of nitrogens with one attached hydrogen (secondary N) is 2. The van der Waals surface area contributed by atoms with Crippen molar-refractivity contribution >= 4 is 28.3 Å². The highest BCUT2D eigenvalue weighted by atomic mass is 32.2. The smallest absolute Gasteiger partial charge is 0.184 e. The summed E-state index contributed by atoms with van der Waals surface area (Å²) in [6, 6.07) is 9.92. The average molecular weight is 399 g/mol. The van der Waals surface area contributed by atoms with E-state index in [0.29, 0.717) is 6.10 Å². The number of hydrogen-bond donors (Lipinski definition) is 2. The molecule has 0 amide bonds. The number of thioether (sulfide) groups is 1. The van der Waals surface area contributed by atoms with Gasteiger partial charge in [0.15, 0.2) is 5.17 Å². The van der Waals surface area contributed by atoms with Gasteiger partial charge in [-0.25, -0.2) is 4.99 Å². The number of hydrazine groups is 1. The summed E-state index contributed by atoms with van der Waals surface area (Å²) >= 11 is 1.58. The molecule has 3 heterocycles. The van der Waals surface area contributed by atoms with Gasteiger partial charge in [0.2, 0.25) is 0 Å². The van der Waals surface area contributed by atoms with Gasteiger partial charge in [0, 0.05) is 35.5 Å². The Labute approximate surface area is 170 Å². The first-order valence-electron chi connectivity index (χ1n) is 9.54. The first-order valence-corrected chi connectivity index (χ1v) is 10.4. The Morgan fingerprint density at radius 2 is 2.07 bits per heavy atom. The summed E-state index contributed by atoms with van der Waals surface area (Å²) < 4.78 is 13.4. The van der Waals surface area contributed by atoms with E-state index >= 15 is 0 Å². The lowest BCUT2D eigenvalue weighted by Crippen LogP contribution is -2.36. The molecule has 148 valence electrons. The van der Waals surface area contributed by atoms with E-state index in [1.807, 2.05) is 24.3 Å². The molecule has 0 spiro atoms. The zero-order chi connectivity index (χ0) is 19.5. The van der Waals surface area contributed by atoms with Gasteiger partial charge in [0.1, 0.15) is 5.75 Å². The number of ether oxygens (including phenoxy) is 2. The number of hydrogen-bond acceptors (Lipinski definition) is 5. The molecule has 2 N–H and O–H groups in total. The summed E-state index contributed by atoms with van der Waals surface area (Å²) in [7, 11) is 1.66. The maximum atomic E-state index is 5.82. The summed E-state index contributed by atoms with van der Waals surface area (Å²) in [5, 5.41) is 2.92. The molecule has 1 fully saturated rings. The Kier molecular flexibility index (Phi) is 5.64. The Hall–Kier alpha value is -2.38. The number of methoxy groups -OCH3 is 1. The van der Waals surface area contributed by atoms with Gasteiger partial charge in [0.05, 0.1) is 24.6 Å². The van der Waals surface area contributed by atoms with Crippen LogP contribution >= 0.6 is 11.8 Å². The molecule has 1 saturated heterocycles. The molecule has 2 aliphatic heterocycles. The van der Waals surface area contributed by atoms with Gasteiger partial charge in [-0.2, -0.15) is 0 Å². The van der Waals surface area contributed by atoms with E-state index in [4.69, 9.17) is 9.47 Å². The molecule has 4 rings (SSSR count). The third-order valence-electron chi connectivity index (χ3n) is 5.17. The van der Waals surface area contributed by atoms with E-state index in [0.717, 1.165) is 41.9 Å². The van der Waals surface area contributed by atoms with Crippen molar-refractivity contribution in [2.75, 3.05) is 13.7 Å². The van der Waals surface area contributed by atoms with E-state index < -0.39 is 0 Å². The number of amidine groups is 1. The Morgan fingerprint density at radius 3 is 2.71 bits per heavy atom. The van der Waals surface area contributed by atoms with Gasteiger partial charge >= 0.3 is 0 Å². The monoisotopic (exact) mass is 398 g/mol. The van der Waals surface area contributed by atoms with Crippen LogP contribution in [0, 0.1) is 13.8 Å². The van der Waals surface area contributed by atoms with Crippen LogP contribution in [0.4, 0.5) is 5.69 Å². The molecule has 1 aromatic carbocycles. The third kappa shape index (κ3) is 4.05. The summed E-state index contributed by atoms with van der Waals surface area (Å²) in [6.07, 6.45) is 2.65. The predicted molar refractivity (Wildman–Crippen MR) is 115 cm³/mol. The van der Waals surface area contributed by atoms with Gasteiger partial charge in [-0.1, -0.05) is 11.8 Å². The fourth-order valence-electron chi connectivity index (χ4n) is 3.60. The first kappa shape index (κ1) is 19.0. The molecule has 0 aliphatic carbocycles. The highest BCUT2D eigenvalue weighted by Crippen LogP contribution is 2.28. The number of aliphatic imine (C=N–C) groups is 1. The predicted octanol–water partition coefficient (Wildman–Crippen LogP) is 4.12. The van der Waals surface area contributed by atoms with E-state index in [-0.39, 0.29) is 0 Å². The van der Waals surface area contributed by atoms with Gasteiger partial charge in [-0.15, -0.1) is 0 Å². The van der Waals surface area contributed by atoms with Crippen LogP contribution in [-0.4, -0.2) is 29.6 Å². The zero-order valence-electron chi connectivity index (χ0n) is 16.5. The van der Waals surface area contributed by atoms with Crippen molar-refractivity contribution in [3.05, 3.63) is 52.7 Å². The largest absolute Gasteiger partial charge is 0.497 e. The quantitative estimate of drug-likeness (QED) is 0.793. The molecule has 2 aromatic rings. The number of aromatic nitrogens is 1. The standard InChI is InChI=1S/C21H26N4O2S/c1-14-11-19(15(2)25(14)12-18-5-4-10-27-18)20-13-28-21(24-23-20)22-16-6-8-17(26-3)9-7-16/h6-9,11,13,18,23H,4-5,10,12H2,1-3H3,(H,22,24)/t18-/m1/s1. The number of aryl methyl sites for hydroxylation is 1. The van der Waals surface area contributed by atoms with E-state index in [1.54, 1.807) is 18.9 Å². The highest BCUT2D eigenvalue weighted by Gasteiger charge is 2.21. The molecular weight excluding hydrogens is 372 g/mol. The molecule has 0 unspecified atom stereocenters. The summed E-state index contributed by atoms with van der Waals surface area (Å²) in [4.78, 5) is 4.62. The van der Waals surface area contributed by atoms with Crippen LogP contribution < -0.4 is 15.6 Å². The van der Waals surface area contributed by atoms with Crippen molar-refractivity contribution in [3.63, 3.8) is 0 Å². The number of benzene rings is 1. The van der Waals surface area contributed by atoms with E-state index in [9.17, 15) is 0 Å². The molecule has 6 nitrogen and oxygen atoms in total. The van der Waals surface area contributed by atoms with Crippen molar-refractivity contribution in [1.82, 2.24) is 15.4 Å².